The number of carboxylic acids is 1. The minimum absolute atomic E-state index is 0.00292. The molecule has 6 nitrogen and oxygen atoms in total. The summed E-state index contributed by atoms with van der Waals surface area (Å²) < 4.78 is 0. The van der Waals surface area contributed by atoms with Gasteiger partial charge in [-0.2, -0.15) is 0 Å². The first-order chi connectivity index (χ1) is 9.24. The van der Waals surface area contributed by atoms with Gasteiger partial charge in [0.1, 0.15) is 0 Å². The summed E-state index contributed by atoms with van der Waals surface area (Å²) in [5.41, 5.74) is 4.89. The molecule has 0 aromatic heterocycles. The Bertz CT molecular complexity index is 434. The first kappa shape index (κ1) is 16.6. The summed E-state index contributed by atoms with van der Waals surface area (Å²) in [6.07, 6.45) is -2.87. The van der Waals surface area contributed by atoms with Gasteiger partial charge in [0.05, 0.1) is 11.7 Å². The van der Waals surface area contributed by atoms with E-state index in [1.807, 2.05) is 6.07 Å². The van der Waals surface area contributed by atoms with Gasteiger partial charge in [0.25, 0.3) is 0 Å². The Morgan fingerprint density at radius 3 is 2.35 bits per heavy atom. The number of benzene rings is 1. The Hall–Kier alpha value is -1.47. The molecular formula is C14H21NO5. The van der Waals surface area contributed by atoms with E-state index in [0.29, 0.717) is 5.56 Å². The first-order valence-electron chi connectivity index (χ1n) is 6.36. The average Bonchev–Trinajstić information content (AvgIpc) is 2.37. The molecule has 0 radical (unpaired) electrons. The van der Waals surface area contributed by atoms with Gasteiger partial charge in [-0.3, -0.25) is 0 Å². The standard InChI is InChI=1S/C14H21NO5/c1-14(20,9-5-3-2-4-6-9)8-10(16)7-11(15)12(17)13(18)19/h2-6,10-12,16-17,20H,7-8,15H2,1H3,(H,18,19). The molecule has 1 aromatic rings. The summed E-state index contributed by atoms with van der Waals surface area (Å²) in [5, 5.41) is 38.1. The van der Waals surface area contributed by atoms with Crippen LogP contribution >= 0.6 is 0 Å². The van der Waals surface area contributed by atoms with E-state index in [1.54, 1.807) is 31.2 Å². The molecule has 4 atom stereocenters. The Kier molecular flexibility index (Phi) is 5.64. The number of aliphatic carboxylic acids is 1. The van der Waals surface area contributed by atoms with Crippen LogP contribution in [0.4, 0.5) is 0 Å². The van der Waals surface area contributed by atoms with Crippen LogP contribution in [-0.2, 0) is 10.4 Å². The summed E-state index contributed by atoms with van der Waals surface area (Å²) in [6, 6.07) is 7.74. The maximum absolute atomic E-state index is 10.6. The quantitative estimate of drug-likeness (QED) is 0.472. The lowest BCUT2D eigenvalue weighted by Gasteiger charge is -2.28. The van der Waals surface area contributed by atoms with Gasteiger partial charge in [-0.15, -0.1) is 0 Å². The molecule has 6 heteroatoms. The first-order valence-corrected chi connectivity index (χ1v) is 6.36. The molecule has 0 fully saturated rings. The van der Waals surface area contributed by atoms with E-state index in [4.69, 9.17) is 10.8 Å². The van der Waals surface area contributed by atoms with Crippen LogP contribution in [0.15, 0.2) is 30.3 Å². The van der Waals surface area contributed by atoms with E-state index < -0.39 is 29.8 Å². The smallest absolute Gasteiger partial charge is 0.334 e. The van der Waals surface area contributed by atoms with Crippen molar-refractivity contribution in [2.75, 3.05) is 0 Å². The number of hydrogen-bond acceptors (Lipinski definition) is 5. The molecule has 0 heterocycles. The molecule has 112 valence electrons. The number of nitrogens with two attached hydrogens (primary N) is 1. The number of aliphatic hydroxyl groups is 3. The third-order valence-electron chi connectivity index (χ3n) is 3.23. The largest absolute Gasteiger partial charge is 0.479 e. The molecule has 20 heavy (non-hydrogen) atoms. The zero-order valence-electron chi connectivity index (χ0n) is 11.3. The van der Waals surface area contributed by atoms with Gasteiger partial charge in [-0.1, -0.05) is 30.3 Å². The van der Waals surface area contributed by atoms with Crippen LogP contribution in [0.3, 0.4) is 0 Å². The van der Waals surface area contributed by atoms with Crippen LogP contribution in [0.5, 0.6) is 0 Å². The number of rotatable bonds is 7. The van der Waals surface area contributed by atoms with Crippen molar-refractivity contribution >= 4 is 5.97 Å². The van der Waals surface area contributed by atoms with Crippen molar-refractivity contribution < 1.29 is 25.2 Å². The number of hydrogen-bond donors (Lipinski definition) is 5. The molecule has 1 aromatic carbocycles. The molecule has 0 aliphatic heterocycles. The lowest BCUT2D eigenvalue weighted by molar-refractivity contribution is -0.148. The van der Waals surface area contributed by atoms with Crippen molar-refractivity contribution in [3.05, 3.63) is 35.9 Å². The molecular weight excluding hydrogens is 262 g/mol. The maximum atomic E-state index is 10.6. The fourth-order valence-electron chi connectivity index (χ4n) is 2.08. The van der Waals surface area contributed by atoms with Crippen LogP contribution in [0.25, 0.3) is 0 Å². The fraction of sp³-hybridized carbons (Fsp3) is 0.500. The van der Waals surface area contributed by atoms with E-state index in [0.717, 1.165) is 0 Å². The van der Waals surface area contributed by atoms with Crippen LogP contribution in [0, 0.1) is 0 Å². The van der Waals surface area contributed by atoms with Gasteiger partial charge in [-0.05, 0) is 18.9 Å². The fourth-order valence-corrected chi connectivity index (χ4v) is 2.08. The van der Waals surface area contributed by atoms with Gasteiger partial charge >= 0.3 is 5.97 Å². The Morgan fingerprint density at radius 2 is 1.85 bits per heavy atom. The molecule has 4 unspecified atom stereocenters. The summed E-state index contributed by atoms with van der Waals surface area (Å²) in [7, 11) is 0. The average molecular weight is 283 g/mol. The van der Waals surface area contributed by atoms with Crippen LogP contribution in [-0.4, -0.2) is 44.6 Å². The van der Waals surface area contributed by atoms with Gasteiger partial charge in [0.2, 0.25) is 0 Å². The molecule has 1 rings (SSSR count). The highest BCUT2D eigenvalue weighted by molar-refractivity contribution is 5.72. The van der Waals surface area contributed by atoms with E-state index in [-0.39, 0.29) is 12.8 Å². The summed E-state index contributed by atoms with van der Waals surface area (Å²) in [4.78, 5) is 10.6. The van der Waals surface area contributed by atoms with Crippen molar-refractivity contribution in [1.29, 1.82) is 0 Å². The minimum atomic E-state index is -1.73. The van der Waals surface area contributed by atoms with Crippen LogP contribution in [0.1, 0.15) is 25.3 Å². The summed E-state index contributed by atoms with van der Waals surface area (Å²) >= 11 is 0. The highest BCUT2D eigenvalue weighted by Gasteiger charge is 2.30. The van der Waals surface area contributed by atoms with Crippen molar-refractivity contribution in [1.82, 2.24) is 0 Å². The van der Waals surface area contributed by atoms with E-state index in [1.165, 1.54) is 0 Å². The normalized spacial score (nSPS) is 18.9. The number of aliphatic hydroxyl groups excluding tert-OH is 2. The molecule has 0 amide bonds. The lowest BCUT2D eigenvalue weighted by Crippen LogP contribution is -2.43. The van der Waals surface area contributed by atoms with E-state index in [2.05, 4.69) is 0 Å². The van der Waals surface area contributed by atoms with E-state index >= 15 is 0 Å². The van der Waals surface area contributed by atoms with Gasteiger partial charge in [0, 0.05) is 12.5 Å². The predicted octanol–water partition coefficient (Wildman–Crippen LogP) is -0.192. The Labute approximate surface area is 117 Å². The highest BCUT2D eigenvalue weighted by Crippen LogP contribution is 2.26. The van der Waals surface area contributed by atoms with E-state index in [9.17, 15) is 20.1 Å². The summed E-state index contributed by atoms with van der Waals surface area (Å²) in [5.74, 6) is -1.43. The molecule has 0 bridgehead atoms. The lowest BCUT2D eigenvalue weighted by atomic mass is 9.88. The Morgan fingerprint density at radius 1 is 1.30 bits per heavy atom. The van der Waals surface area contributed by atoms with Crippen LogP contribution in [0.2, 0.25) is 0 Å². The van der Waals surface area contributed by atoms with Gasteiger partial charge < -0.3 is 26.2 Å². The van der Waals surface area contributed by atoms with Crippen molar-refractivity contribution in [2.24, 2.45) is 5.73 Å². The second-order valence-electron chi connectivity index (χ2n) is 5.18. The molecule has 0 saturated heterocycles. The number of carbonyl (C=O) groups is 1. The van der Waals surface area contributed by atoms with Gasteiger partial charge in [-0.25, -0.2) is 4.79 Å². The van der Waals surface area contributed by atoms with Crippen molar-refractivity contribution in [2.45, 2.75) is 43.6 Å². The zero-order chi connectivity index (χ0) is 15.3. The predicted molar refractivity (Wildman–Crippen MR) is 72.9 cm³/mol. The zero-order valence-corrected chi connectivity index (χ0v) is 11.3. The SMILES string of the molecule is CC(O)(CC(O)CC(N)C(O)C(=O)O)c1ccccc1. The highest BCUT2D eigenvalue weighted by atomic mass is 16.4. The molecule has 0 aliphatic rings. The molecule has 6 N–H and O–H groups in total. The van der Waals surface area contributed by atoms with Crippen molar-refractivity contribution in [3.63, 3.8) is 0 Å². The van der Waals surface area contributed by atoms with Crippen LogP contribution < -0.4 is 5.73 Å². The third-order valence-corrected chi connectivity index (χ3v) is 3.23. The summed E-state index contributed by atoms with van der Waals surface area (Å²) in [6.45, 7) is 1.56. The molecule has 0 aliphatic carbocycles. The second-order valence-corrected chi connectivity index (χ2v) is 5.18. The molecule has 0 saturated carbocycles. The minimum Gasteiger partial charge on any atom is -0.479 e. The third kappa shape index (κ3) is 4.57. The van der Waals surface area contributed by atoms with Crippen molar-refractivity contribution in [3.8, 4) is 0 Å². The maximum Gasteiger partial charge on any atom is 0.334 e. The topological polar surface area (TPSA) is 124 Å². The second kappa shape index (κ2) is 6.81. The molecule has 0 spiro atoms. The number of carboxylic acid groups (broad SMARTS) is 1. The van der Waals surface area contributed by atoms with Gasteiger partial charge in [0.15, 0.2) is 6.10 Å². The Balaban J connectivity index is 2.62. The monoisotopic (exact) mass is 283 g/mol.